The zero-order chi connectivity index (χ0) is 14.7. The standard InChI is InChI=1S/C17H26N2O2/c1-3-13-7-8-19(10-13)11-15(18-4-2)14-5-6-16-17(9-14)21-12-20-16/h5-6,9,13,15,18H,3-4,7-8,10-12H2,1-2H3. The molecule has 0 bridgehead atoms. The number of likely N-dealkylation sites (N-methyl/N-ethyl adjacent to an activating group) is 1. The quantitative estimate of drug-likeness (QED) is 0.873. The van der Waals surface area contributed by atoms with E-state index in [2.05, 4.69) is 36.2 Å². The average molecular weight is 290 g/mol. The maximum Gasteiger partial charge on any atom is 0.231 e. The van der Waals surface area contributed by atoms with E-state index in [4.69, 9.17) is 9.47 Å². The van der Waals surface area contributed by atoms with Gasteiger partial charge in [0.1, 0.15) is 0 Å². The molecule has 116 valence electrons. The number of rotatable bonds is 6. The molecule has 1 aromatic carbocycles. The van der Waals surface area contributed by atoms with Crippen molar-refractivity contribution in [3.05, 3.63) is 23.8 Å². The number of nitrogens with one attached hydrogen (secondary N) is 1. The SMILES string of the molecule is CCNC(CN1CCC(CC)C1)c1ccc2c(c1)OCO2. The molecule has 0 radical (unpaired) electrons. The lowest BCUT2D eigenvalue weighted by Crippen LogP contribution is -2.34. The lowest BCUT2D eigenvalue weighted by molar-refractivity contribution is 0.174. The Morgan fingerprint density at radius 1 is 1.29 bits per heavy atom. The third kappa shape index (κ3) is 3.33. The first kappa shape index (κ1) is 14.7. The highest BCUT2D eigenvalue weighted by Crippen LogP contribution is 2.34. The minimum atomic E-state index is 0.342. The Labute approximate surface area is 127 Å². The minimum Gasteiger partial charge on any atom is -0.454 e. The second-order valence-electron chi connectivity index (χ2n) is 6.05. The van der Waals surface area contributed by atoms with Gasteiger partial charge in [-0.05, 0) is 43.1 Å². The minimum absolute atomic E-state index is 0.342. The fraction of sp³-hybridized carbons (Fsp3) is 0.647. The summed E-state index contributed by atoms with van der Waals surface area (Å²) < 4.78 is 10.9. The number of nitrogens with zero attached hydrogens (tertiary/aromatic N) is 1. The van der Waals surface area contributed by atoms with Crippen LogP contribution in [0.1, 0.15) is 38.3 Å². The summed E-state index contributed by atoms with van der Waals surface area (Å²) in [4.78, 5) is 2.59. The van der Waals surface area contributed by atoms with Crippen molar-refractivity contribution in [3.63, 3.8) is 0 Å². The summed E-state index contributed by atoms with van der Waals surface area (Å²) in [6, 6.07) is 6.68. The summed E-state index contributed by atoms with van der Waals surface area (Å²) >= 11 is 0. The van der Waals surface area contributed by atoms with Crippen LogP contribution in [0.3, 0.4) is 0 Å². The number of hydrogen-bond acceptors (Lipinski definition) is 4. The molecular formula is C17H26N2O2. The van der Waals surface area contributed by atoms with Gasteiger partial charge < -0.3 is 19.7 Å². The predicted molar refractivity (Wildman–Crippen MR) is 83.8 cm³/mol. The van der Waals surface area contributed by atoms with Crippen molar-refractivity contribution in [2.24, 2.45) is 5.92 Å². The first-order chi connectivity index (χ1) is 10.3. The van der Waals surface area contributed by atoms with Gasteiger partial charge in [0.15, 0.2) is 11.5 Å². The molecular weight excluding hydrogens is 264 g/mol. The van der Waals surface area contributed by atoms with E-state index < -0.39 is 0 Å². The Kier molecular flexibility index (Phi) is 4.66. The summed E-state index contributed by atoms with van der Waals surface area (Å²) in [7, 11) is 0. The van der Waals surface area contributed by atoms with Crippen molar-refractivity contribution >= 4 is 0 Å². The Morgan fingerprint density at radius 2 is 2.14 bits per heavy atom. The first-order valence-corrected chi connectivity index (χ1v) is 8.15. The lowest BCUT2D eigenvalue weighted by atomic mass is 10.1. The molecule has 2 atom stereocenters. The fourth-order valence-corrected chi connectivity index (χ4v) is 3.33. The van der Waals surface area contributed by atoms with Gasteiger partial charge >= 0.3 is 0 Å². The topological polar surface area (TPSA) is 33.7 Å². The lowest BCUT2D eigenvalue weighted by Gasteiger charge is -2.25. The van der Waals surface area contributed by atoms with E-state index >= 15 is 0 Å². The van der Waals surface area contributed by atoms with E-state index in [-0.39, 0.29) is 0 Å². The Balaban J connectivity index is 1.69. The van der Waals surface area contributed by atoms with Crippen molar-refractivity contribution in [1.29, 1.82) is 0 Å². The van der Waals surface area contributed by atoms with Gasteiger partial charge in [0.05, 0.1) is 0 Å². The highest BCUT2D eigenvalue weighted by Gasteiger charge is 2.25. The van der Waals surface area contributed by atoms with Crippen molar-refractivity contribution in [3.8, 4) is 11.5 Å². The number of benzene rings is 1. The van der Waals surface area contributed by atoms with Crippen LogP contribution < -0.4 is 14.8 Å². The van der Waals surface area contributed by atoms with Crippen LogP contribution in [0.15, 0.2) is 18.2 Å². The molecule has 2 unspecified atom stereocenters. The molecule has 0 aliphatic carbocycles. The van der Waals surface area contributed by atoms with Gasteiger partial charge in [-0.3, -0.25) is 0 Å². The zero-order valence-corrected chi connectivity index (χ0v) is 13.1. The van der Waals surface area contributed by atoms with Crippen LogP contribution in [0.2, 0.25) is 0 Å². The van der Waals surface area contributed by atoms with Gasteiger partial charge in [-0.1, -0.05) is 26.3 Å². The highest BCUT2D eigenvalue weighted by molar-refractivity contribution is 5.45. The molecule has 3 rings (SSSR count). The third-order valence-corrected chi connectivity index (χ3v) is 4.64. The molecule has 1 saturated heterocycles. The summed E-state index contributed by atoms with van der Waals surface area (Å²) in [5.41, 5.74) is 1.29. The van der Waals surface area contributed by atoms with E-state index in [1.807, 2.05) is 6.07 Å². The van der Waals surface area contributed by atoms with Gasteiger partial charge in [-0.25, -0.2) is 0 Å². The van der Waals surface area contributed by atoms with Crippen molar-refractivity contribution in [2.75, 3.05) is 33.0 Å². The van der Waals surface area contributed by atoms with Gasteiger partial charge in [0.2, 0.25) is 6.79 Å². The van der Waals surface area contributed by atoms with E-state index in [1.54, 1.807) is 0 Å². The van der Waals surface area contributed by atoms with Crippen LogP contribution >= 0.6 is 0 Å². The summed E-state index contributed by atoms with van der Waals surface area (Å²) in [5.74, 6) is 2.62. The molecule has 1 aromatic rings. The van der Waals surface area contributed by atoms with Crippen LogP contribution in [0, 0.1) is 5.92 Å². The smallest absolute Gasteiger partial charge is 0.231 e. The van der Waals surface area contributed by atoms with Gasteiger partial charge in [-0.15, -0.1) is 0 Å². The summed E-state index contributed by atoms with van der Waals surface area (Å²) in [6.07, 6.45) is 2.64. The van der Waals surface area contributed by atoms with Gasteiger partial charge in [0.25, 0.3) is 0 Å². The molecule has 0 saturated carbocycles. The molecule has 1 N–H and O–H groups in total. The fourth-order valence-electron chi connectivity index (χ4n) is 3.33. The van der Waals surface area contributed by atoms with E-state index in [0.717, 1.165) is 30.5 Å². The van der Waals surface area contributed by atoms with Crippen molar-refractivity contribution in [1.82, 2.24) is 10.2 Å². The highest BCUT2D eigenvalue weighted by atomic mass is 16.7. The first-order valence-electron chi connectivity index (χ1n) is 8.15. The van der Waals surface area contributed by atoms with Crippen LogP contribution in [0.25, 0.3) is 0 Å². The summed E-state index contributed by atoms with van der Waals surface area (Å²) in [6.45, 7) is 9.32. The molecule has 1 fully saturated rings. The largest absolute Gasteiger partial charge is 0.454 e. The second kappa shape index (κ2) is 6.67. The third-order valence-electron chi connectivity index (χ3n) is 4.64. The Morgan fingerprint density at radius 3 is 2.90 bits per heavy atom. The van der Waals surface area contributed by atoms with E-state index in [0.29, 0.717) is 12.8 Å². The van der Waals surface area contributed by atoms with Crippen LogP contribution in [-0.2, 0) is 0 Å². The molecule has 0 spiro atoms. The monoisotopic (exact) mass is 290 g/mol. The van der Waals surface area contributed by atoms with Crippen molar-refractivity contribution < 1.29 is 9.47 Å². The molecule has 4 nitrogen and oxygen atoms in total. The van der Waals surface area contributed by atoms with E-state index in [9.17, 15) is 0 Å². The molecule has 0 amide bonds. The number of likely N-dealkylation sites (tertiary alicyclic amines) is 1. The average Bonchev–Trinajstić information content (AvgIpc) is 3.14. The Hall–Kier alpha value is -1.26. The van der Waals surface area contributed by atoms with Crippen LogP contribution in [0.5, 0.6) is 11.5 Å². The Bertz CT molecular complexity index is 478. The molecule has 21 heavy (non-hydrogen) atoms. The second-order valence-corrected chi connectivity index (χ2v) is 6.05. The van der Waals surface area contributed by atoms with E-state index in [1.165, 1.54) is 31.5 Å². The van der Waals surface area contributed by atoms with Gasteiger partial charge in [0, 0.05) is 19.1 Å². The molecule has 4 heteroatoms. The van der Waals surface area contributed by atoms with Gasteiger partial charge in [-0.2, -0.15) is 0 Å². The maximum atomic E-state index is 5.51. The molecule has 2 aliphatic heterocycles. The predicted octanol–water partition coefficient (Wildman–Crippen LogP) is 2.80. The summed E-state index contributed by atoms with van der Waals surface area (Å²) in [5, 5.41) is 3.61. The van der Waals surface area contributed by atoms with Crippen molar-refractivity contribution in [2.45, 2.75) is 32.7 Å². The number of hydrogen-bond donors (Lipinski definition) is 1. The normalized spacial score (nSPS) is 22.7. The number of fused-ring (bicyclic) bond motifs is 1. The molecule has 2 heterocycles. The van der Waals surface area contributed by atoms with Crippen LogP contribution in [0.4, 0.5) is 0 Å². The van der Waals surface area contributed by atoms with Crippen LogP contribution in [-0.4, -0.2) is 37.9 Å². The number of ether oxygens (including phenoxy) is 2. The zero-order valence-electron chi connectivity index (χ0n) is 13.1. The molecule has 0 aromatic heterocycles. The maximum absolute atomic E-state index is 5.51. The molecule has 2 aliphatic rings.